The van der Waals surface area contributed by atoms with Gasteiger partial charge in [-0.15, -0.1) is 0 Å². The number of aromatic nitrogens is 4. The lowest BCUT2D eigenvalue weighted by molar-refractivity contribution is -0.117. The molecule has 2 fully saturated rings. The van der Waals surface area contributed by atoms with E-state index < -0.39 is 0 Å². The highest BCUT2D eigenvalue weighted by atomic mass is 16.2. The Balaban J connectivity index is 1.23. The maximum absolute atomic E-state index is 13.1. The van der Waals surface area contributed by atoms with Gasteiger partial charge in [0.05, 0.1) is 23.1 Å². The summed E-state index contributed by atoms with van der Waals surface area (Å²) >= 11 is 0. The van der Waals surface area contributed by atoms with Crippen molar-refractivity contribution < 1.29 is 9.59 Å². The standard InChI is InChI=1S/C26H25N7O2/c34-25(16-2-3-16)30-20-10-18(13-27-14-20)17-4-5-23-22(11-17)24(32-31-23)26(35)29-19-6-7-28-21(12-19)15-33-8-1-9-33/h4-7,10-14,16H,1-3,8-9,15H2,(H,30,34)(H,31,32)(H,28,29,35). The number of hydrogen-bond acceptors (Lipinski definition) is 6. The maximum Gasteiger partial charge on any atom is 0.276 e. The fraction of sp³-hybridized carbons (Fsp3) is 0.269. The van der Waals surface area contributed by atoms with Crippen LogP contribution in [-0.2, 0) is 11.3 Å². The van der Waals surface area contributed by atoms with E-state index in [1.165, 1.54) is 6.42 Å². The van der Waals surface area contributed by atoms with Gasteiger partial charge in [-0.3, -0.25) is 29.6 Å². The highest BCUT2D eigenvalue weighted by molar-refractivity contribution is 6.11. The van der Waals surface area contributed by atoms with Crippen molar-refractivity contribution in [3.63, 3.8) is 0 Å². The van der Waals surface area contributed by atoms with Crippen LogP contribution < -0.4 is 10.6 Å². The van der Waals surface area contributed by atoms with Crippen LogP contribution in [0.3, 0.4) is 0 Å². The van der Waals surface area contributed by atoms with E-state index in [9.17, 15) is 9.59 Å². The van der Waals surface area contributed by atoms with Gasteiger partial charge in [-0.1, -0.05) is 6.07 Å². The van der Waals surface area contributed by atoms with Crippen LogP contribution in [0.15, 0.2) is 55.0 Å². The Bertz CT molecular complexity index is 1420. The molecular formula is C26H25N7O2. The molecule has 1 aromatic carbocycles. The first-order chi connectivity index (χ1) is 17.1. The van der Waals surface area contributed by atoms with Gasteiger partial charge in [-0.05, 0) is 68.2 Å². The molecule has 6 rings (SSSR count). The number of rotatable bonds is 7. The Kier molecular flexibility index (Phi) is 5.46. The molecule has 2 amide bonds. The predicted octanol–water partition coefficient (Wildman–Crippen LogP) is 3.83. The van der Waals surface area contributed by atoms with E-state index in [1.807, 2.05) is 30.3 Å². The summed E-state index contributed by atoms with van der Waals surface area (Å²) < 4.78 is 0. The van der Waals surface area contributed by atoms with Crippen LogP contribution in [0.4, 0.5) is 11.4 Å². The van der Waals surface area contributed by atoms with Crippen LogP contribution in [0, 0.1) is 5.92 Å². The van der Waals surface area contributed by atoms with E-state index in [2.05, 4.69) is 35.7 Å². The van der Waals surface area contributed by atoms with Crippen LogP contribution in [0.2, 0.25) is 0 Å². The van der Waals surface area contributed by atoms with Gasteiger partial charge in [0, 0.05) is 41.5 Å². The van der Waals surface area contributed by atoms with Crippen molar-refractivity contribution in [2.75, 3.05) is 23.7 Å². The highest BCUT2D eigenvalue weighted by Crippen LogP contribution is 2.31. The van der Waals surface area contributed by atoms with Crippen molar-refractivity contribution in [1.29, 1.82) is 0 Å². The number of carbonyl (C=O) groups excluding carboxylic acids is 2. The van der Waals surface area contributed by atoms with Crippen molar-refractivity contribution in [2.45, 2.75) is 25.8 Å². The summed E-state index contributed by atoms with van der Waals surface area (Å²) in [5, 5.41) is 13.8. The molecule has 1 saturated heterocycles. The molecule has 0 unspecified atom stereocenters. The van der Waals surface area contributed by atoms with E-state index in [0.29, 0.717) is 22.5 Å². The number of nitrogens with zero attached hydrogens (tertiary/aromatic N) is 4. The summed E-state index contributed by atoms with van der Waals surface area (Å²) in [4.78, 5) is 36.2. The Morgan fingerprint density at radius 3 is 2.69 bits per heavy atom. The minimum atomic E-state index is -0.293. The molecule has 4 heterocycles. The number of benzene rings is 1. The number of H-pyrrole nitrogens is 1. The van der Waals surface area contributed by atoms with Gasteiger partial charge < -0.3 is 10.6 Å². The second-order valence-corrected chi connectivity index (χ2v) is 9.18. The van der Waals surface area contributed by atoms with Gasteiger partial charge in [0.25, 0.3) is 5.91 Å². The Hall–Kier alpha value is -4.11. The monoisotopic (exact) mass is 467 g/mol. The third kappa shape index (κ3) is 4.63. The quantitative estimate of drug-likeness (QED) is 0.380. The predicted molar refractivity (Wildman–Crippen MR) is 133 cm³/mol. The van der Waals surface area contributed by atoms with Crippen molar-refractivity contribution in [3.8, 4) is 11.1 Å². The molecule has 1 aliphatic carbocycles. The summed E-state index contributed by atoms with van der Waals surface area (Å²) in [5.74, 6) is -0.135. The number of aromatic amines is 1. The van der Waals surface area contributed by atoms with Crippen LogP contribution in [0.25, 0.3) is 22.0 Å². The summed E-state index contributed by atoms with van der Waals surface area (Å²) in [7, 11) is 0. The summed E-state index contributed by atoms with van der Waals surface area (Å²) in [5.41, 5.74) is 5.08. The molecule has 0 radical (unpaired) electrons. The average Bonchev–Trinajstić information content (AvgIpc) is 3.61. The number of anilines is 2. The van der Waals surface area contributed by atoms with E-state index in [-0.39, 0.29) is 17.7 Å². The largest absolute Gasteiger partial charge is 0.324 e. The maximum atomic E-state index is 13.1. The lowest BCUT2D eigenvalue weighted by Gasteiger charge is -2.30. The molecule has 0 spiro atoms. The molecule has 1 saturated carbocycles. The number of amides is 2. The number of hydrogen-bond donors (Lipinski definition) is 3. The minimum Gasteiger partial charge on any atom is -0.324 e. The van der Waals surface area contributed by atoms with Gasteiger partial charge in [0.15, 0.2) is 5.69 Å². The first kappa shape index (κ1) is 21.4. The van der Waals surface area contributed by atoms with Crippen molar-refractivity contribution in [2.24, 2.45) is 5.92 Å². The molecule has 9 nitrogen and oxygen atoms in total. The average molecular weight is 468 g/mol. The number of pyridine rings is 2. The Morgan fingerprint density at radius 1 is 1.00 bits per heavy atom. The van der Waals surface area contributed by atoms with Gasteiger partial charge in [-0.2, -0.15) is 5.10 Å². The van der Waals surface area contributed by atoms with Crippen molar-refractivity contribution in [1.82, 2.24) is 25.1 Å². The fourth-order valence-corrected chi connectivity index (χ4v) is 4.22. The summed E-state index contributed by atoms with van der Waals surface area (Å²) in [6.07, 6.45) is 8.21. The SMILES string of the molecule is O=C(Nc1ccnc(CN2CCC2)c1)c1n[nH]c2ccc(-c3cncc(NC(=O)C4CC4)c3)cc12. The molecule has 2 aliphatic rings. The normalized spacial score (nSPS) is 15.5. The van der Waals surface area contributed by atoms with E-state index in [0.717, 1.165) is 54.8 Å². The third-order valence-electron chi connectivity index (χ3n) is 6.47. The minimum absolute atomic E-state index is 0.0392. The van der Waals surface area contributed by atoms with Crippen LogP contribution in [0.1, 0.15) is 35.4 Å². The first-order valence-corrected chi connectivity index (χ1v) is 11.9. The van der Waals surface area contributed by atoms with E-state index >= 15 is 0 Å². The van der Waals surface area contributed by atoms with E-state index in [4.69, 9.17) is 0 Å². The second kappa shape index (κ2) is 8.92. The first-order valence-electron chi connectivity index (χ1n) is 11.9. The lowest BCUT2D eigenvalue weighted by Crippen LogP contribution is -2.36. The number of fused-ring (bicyclic) bond motifs is 1. The topological polar surface area (TPSA) is 116 Å². The molecule has 176 valence electrons. The second-order valence-electron chi connectivity index (χ2n) is 9.18. The smallest absolute Gasteiger partial charge is 0.276 e. The zero-order valence-corrected chi connectivity index (χ0v) is 19.1. The molecular weight excluding hydrogens is 442 g/mol. The number of likely N-dealkylation sites (tertiary alicyclic amines) is 1. The van der Waals surface area contributed by atoms with Crippen molar-refractivity contribution >= 4 is 34.1 Å². The molecule has 9 heteroatoms. The fourth-order valence-electron chi connectivity index (χ4n) is 4.22. The zero-order valence-electron chi connectivity index (χ0n) is 19.1. The van der Waals surface area contributed by atoms with Crippen LogP contribution in [-0.4, -0.2) is 50.0 Å². The van der Waals surface area contributed by atoms with Crippen LogP contribution in [0.5, 0.6) is 0 Å². The van der Waals surface area contributed by atoms with Gasteiger partial charge in [0.2, 0.25) is 5.91 Å². The lowest BCUT2D eigenvalue weighted by atomic mass is 10.0. The zero-order chi connectivity index (χ0) is 23.8. The third-order valence-corrected chi connectivity index (χ3v) is 6.47. The number of nitrogens with one attached hydrogen (secondary N) is 3. The Labute approximate surface area is 202 Å². The number of carbonyl (C=O) groups is 2. The van der Waals surface area contributed by atoms with Gasteiger partial charge in [-0.25, -0.2) is 0 Å². The Morgan fingerprint density at radius 2 is 1.89 bits per heavy atom. The molecule has 3 aromatic heterocycles. The summed E-state index contributed by atoms with van der Waals surface area (Å²) in [6, 6.07) is 11.3. The summed E-state index contributed by atoms with van der Waals surface area (Å²) in [6.45, 7) is 2.96. The molecule has 0 bridgehead atoms. The van der Waals surface area contributed by atoms with Crippen LogP contribution >= 0.6 is 0 Å². The molecule has 0 atom stereocenters. The van der Waals surface area contributed by atoms with Crippen molar-refractivity contribution in [3.05, 3.63) is 66.4 Å². The van der Waals surface area contributed by atoms with E-state index in [1.54, 1.807) is 24.7 Å². The highest BCUT2D eigenvalue weighted by Gasteiger charge is 2.29. The molecule has 35 heavy (non-hydrogen) atoms. The molecule has 3 N–H and O–H groups in total. The van der Waals surface area contributed by atoms with Gasteiger partial charge in [0.1, 0.15) is 0 Å². The van der Waals surface area contributed by atoms with Gasteiger partial charge >= 0.3 is 0 Å². The molecule has 4 aromatic rings. The molecule has 1 aliphatic heterocycles.